The third-order valence-electron chi connectivity index (χ3n) is 2.53. The number of rotatable bonds is 4. The van der Waals surface area contributed by atoms with E-state index in [1.165, 1.54) is 0 Å². The smallest absolute Gasteiger partial charge is 0.222 e. The minimum absolute atomic E-state index is 0.228. The van der Waals surface area contributed by atoms with Crippen molar-refractivity contribution in [3.63, 3.8) is 0 Å². The van der Waals surface area contributed by atoms with Gasteiger partial charge in [-0.25, -0.2) is 4.98 Å². The second kappa shape index (κ2) is 5.46. The molecule has 1 heterocycles. The summed E-state index contributed by atoms with van der Waals surface area (Å²) in [6.45, 7) is 2.22. The van der Waals surface area contributed by atoms with E-state index in [0.29, 0.717) is 12.4 Å². The Hall–Kier alpha value is -2.14. The van der Waals surface area contributed by atoms with Gasteiger partial charge in [-0.15, -0.1) is 0 Å². The molecule has 0 saturated heterocycles. The topological polar surface area (TPSA) is 84.1 Å². The Morgan fingerprint density at radius 2 is 2.00 bits per heavy atom. The summed E-state index contributed by atoms with van der Waals surface area (Å²) >= 11 is 0. The quantitative estimate of drug-likeness (QED) is 0.759. The molecule has 0 radical (unpaired) electrons. The van der Waals surface area contributed by atoms with Crippen LogP contribution in [0.1, 0.15) is 17.4 Å². The minimum atomic E-state index is -0.581. The van der Waals surface area contributed by atoms with Gasteiger partial charge in [-0.2, -0.15) is 4.98 Å². The highest BCUT2D eigenvalue weighted by Crippen LogP contribution is 2.14. The van der Waals surface area contributed by atoms with E-state index in [9.17, 15) is 5.11 Å². The molecule has 1 aromatic carbocycles. The van der Waals surface area contributed by atoms with Crippen LogP contribution in [0.3, 0.4) is 0 Å². The summed E-state index contributed by atoms with van der Waals surface area (Å²) < 4.78 is 0. The van der Waals surface area contributed by atoms with Crippen LogP contribution in [0.25, 0.3) is 0 Å². The van der Waals surface area contributed by atoms with Gasteiger partial charge in [0.05, 0.1) is 6.10 Å². The zero-order chi connectivity index (χ0) is 13.0. The number of aliphatic hydroxyl groups is 1. The van der Waals surface area contributed by atoms with Gasteiger partial charge in [0.15, 0.2) is 0 Å². The lowest BCUT2D eigenvalue weighted by molar-refractivity contribution is 0.191. The van der Waals surface area contributed by atoms with Crippen LogP contribution >= 0.6 is 0 Å². The van der Waals surface area contributed by atoms with Crippen LogP contribution in [0.2, 0.25) is 0 Å². The molecule has 0 aliphatic carbocycles. The van der Waals surface area contributed by atoms with Gasteiger partial charge >= 0.3 is 0 Å². The molecule has 4 N–H and O–H groups in total. The summed E-state index contributed by atoms with van der Waals surface area (Å²) in [5, 5.41) is 13.0. The average molecular weight is 244 g/mol. The summed E-state index contributed by atoms with van der Waals surface area (Å²) in [5.74, 6) is 0.849. The summed E-state index contributed by atoms with van der Waals surface area (Å²) in [7, 11) is 0. The Balaban J connectivity index is 1.99. The first kappa shape index (κ1) is 12.3. The standard InChI is InChI=1S/C13H16N4O/c1-9-7-12(17-13(14)16-9)15-8-11(18)10-5-3-2-4-6-10/h2-7,11,18H,8H2,1H3,(H3,14,15,16,17). The Morgan fingerprint density at radius 1 is 1.28 bits per heavy atom. The number of nitrogens with zero attached hydrogens (tertiary/aromatic N) is 2. The highest BCUT2D eigenvalue weighted by atomic mass is 16.3. The van der Waals surface area contributed by atoms with E-state index in [1.54, 1.807) is 6.07 Å². The Morgan fingerprint density at radius 3 is 2.67 bits per heavy atom. The first-order valence-corrected chi connectivity index (χ1v) is 5.73. The number of hydrogen-bond donors (Lipinski definition) is 3. The number of hydrogen-bond acceptors (Lipinski definition) is 5. The van der Waals surface area contributed by atoms with Gasteiger partial charge in [0.2, 0.25) is 5.95 Å². The van der Waals surface area contributed by atoms with Crippen molar-refractivity contribution in [2.75, 3.05) is 17.6 Å². The molecule has 2 rings (SSSR count). The average Bonchev–Trinajstić information content (AvgIpc) is 2.36. The number of aromatic nitrogens is 2. The van der Waals surface area contributed by atoms with Gasteiger partial charge in [-0.1, -0.05) is 30.3 Å². The molecule has 18 heavy (non-hydrogen) atoms. The van der Waals surface area contributed by atoms with Crippen molar-refractivity contribution in [3.8, 4) is 0 Å². The van der Waals surface area contributed by atoms with Gasteiger partial charge in [-0.05, 0) is 12.5 Å². The van der Waals surface area contributed by atoms with E-state index < -0.39 is 6.10 Å². The number of nitrogens with one attached hydrogen (secondary N) is 1. The zero-order valence-electron chi connectivity index (χ0n) is 10.2. The molecule has 0 fully saturated rings. The molecule has 0 aliphatic heterocycles. The van der Waals surface area contributed by atoms with Gasteiger partial charge in [0, 0.05) is 18.3 Å². The molecular formula is C13H16N4O. The van der Waals surface area contributed by atoms with E-state index in [2.05, 4.69) is 15.3 Å². The normalized spacial score (nSPS) is 12.1. The molecule has 1 aromatic heterocycles. The highest BCUT2D eigenvalue weighted by molar-refractivity contribution is 5.40. The monoisotopic (exact) mass is 244 g/mol. The third kappa shape index (κ3) is 3.18. The van der Waals surface area contributed by atoms with Crippen LogP contribution in [-0.4, -0.2) is 21.6 Å². The number of aryl methyl sites for hydroxylation is 1. The van der Waals surface area contributed by atoms with Crippen LogP contribution in [0.15, 0.2) is 36.4 Å². The largest absolute Gasteiger partial charge is 0.387 e. The predicted molar refractivity (Wildman–Crippen MR) is 71.1 cm³/mol. The van der Waals surface area contributed by atoms with Crippen molar-refractivity contribution in [2.45, 2.75) is 13.0 Å². The van der Waals surface area contributed by atoms with Crippen LogP contribution in [0.4, 0.5) is 11.8 Å². The molecule has 0 spiro atoms. The number of nitrogens with two attached hydrogens (primary N) is 1. The van der Waals surface area contributed by atoms with E-state index in [1.807, 2.05) is 37.3 Å². The van der Waals surface area contributed by atoms with Crippen LogP contribution in [0, 0.1) is 6.92 Å². The molecule has 1 unspecified atom stereocenters. The molecule has 1 atom stereocenters. The predicted octanol–water partition coefficient (Wildman–Crippen LogP) is 1.51. The number of anilines is 2. The van der Waals surface area contributed by atoms with Gasteiger partial charge < -0.3 is 16.2 Å². The van der Waals surface area contributed by atoms with E-state index in [4.69, 9.17) is 5.73 Å². The molecule has 0 aliphatic rings. The zero-order valence-corrected chi connectivity index (χ0v) is 10.2. The number of benzene rings is 1. The Labute approximate surface area is 106 Å². The lowest BCUT2D eigenvalue weighted by Crippen LogP contribution is -2.13. The van der Waals surface area contributed by atoms with Crippen molar-refractivity contribution in [1.29, 1.82) is 0 Å². The second-order valence-corrected chi connectivity index (χ2v) is 4.06. The maximum Gasteiger partial charge on any atom is 0.222 e. The highest BCUT2D eigenvalue weighted by Gasteiger charge is 2.07. The second-order valence-electron chi connectivity index (χ2n) is 4.06. The summed E-state index contributed by atoms with van der Waals surface area (Å²) in [6, 6.07) is 11.3. The molecule has 94 valence electrons. The van der Waals surface area contributed by atoms with Crippen LogP contribution in [0.5, 0.6) is 0 Å². The Bertz CT molecular complexity index is 495. The molecule has 0 amide bonds. The van der Waals surface area contributed by atoms with Crippen molar-refractivity contribution in [1.82, 2.24) is 9.97 Å². The molecule has 2 aromatic rings. The maximum atomic E-state index is 9.98. The first-order valence-electron chi connectivity index (χ1n) is 5.73. The van der Waals surface area contributed by atoms with Crippen molar-refractivity contribution in [3.05, 3.63) is 47.7 Å². The number of nitrogen functional groups attached to an aromatic ring is 1. The lowest BCUT2D eigenvalue weighted by Gasteiger charge is -2.13. The first-order chi connectivity index (χ1) is 8.65. The van der Waals surface area contributed by atoms with E-state index in [-0.39, 0.29) is 5.95 Å². The summed E-state index contributed by atoms with van der Waals surface area (Å²) in [4.78, 5) is 8.03. The summed E-state index contributed by atoms with van der Waals surface area (Å²) in [5.41, 5.74) is 7.21. The molecule has 5 nitrogen and oxygen atoms in total. The lowest BCUT2D eigenvalue weighted by atomic mass is 10.1. The fourth-order valence-electron chi connectivity index (χ4n) is 1.68. The molecule has 5 heteroatoms. The molecular weight excluding hydrogens is 228 g/mol. The maximum absolute atomic E-state index is 9.98. The van der Waals surface area contributed by atoms with Gasteiger partial charge in [0.1, 0.15) is 5.82 Å². The Kier molecular flexibility index (Phi) is 3.74. The fraction of sp³-hybridized carbons (Fsp3) is 0.231. The third-order valence-corrected chi connectivity index (χ3v) is 2.53. The minimum Gasteiger partial charge on any atom is -0.387 e. The van der Waals surface area contributed by atoms with Gasteiger partial charge in [0.25, 0.3) is 0 Å². The van der Waals surface area contributed by atoms with Crippen molar-refractivity contribution >= 4 is 11.8 Å². The summed E-state index contributed by atoms with van der Waals surface area (Å²) in [6.07, 6.45) is -0.581. The SMILES string of the molecule is Cc1cc(NCC(O)c2ccccc2)nc(N)n1. The fourth-order valence-corrected chi connectivity index (χ4v) is 1.68. The number of aliphatic hydroxyl groups excluding tert-OH is 1. The van der Waals surface area contributed by atoms with E-state index in [0.717, 1.165) is 11.3 Å². The van der Waals surface area contributed by atoms with Crippen molar-refractivity contribution in [2.24, 2.45) is 0 Å². The molecule has 0 bridgehead atoms. The van der Waals surface area contributed by atoms with Crippen molar-refractivity contribution < 1.29 is 5.11 Å². The van der Waals surface area contributed by atoms with Gasteiger partial charge in [-0.3, -0.25) is 0 Å². The van der Waals surface area contributed by atoms with Crippen LogP contribution < -0.4 is 11.1 Å². The van der Waals surface area contributed by atoms with E-state index >= 15 is 0 Å². The molecule has 0 saturated carbocycles. The van der Waals surface area contributed by atoms with Crippen LogP contribution in [-0.2, 0) is 0 Å².